The van der Waals surface area contributed by atoms with Crippen LogP contribution in [0, 0.1) is 19.7 Å². The molecule has 4 rings (SSSR count). The number of halogens is 1. The van der Waals surface area contributed by atoms with Gasteiger partial charge in [-0.15, -0.1) is 0 Å². The highest BCUT2D eigenvalue weighted by molar-refractivity contribution is 6.05. The van der Waals surface area contributed by atoms with Crippen molar-refractivity contribution in [2.45, 2.75) is 13.8 Å². The van der Waals surface area contributed by atoms with Crippen molar-refractivity contribution in [1.29, 1.82) is 0 Å². The molecule has 0 aliphatic rings. The molecule has 0 bridgehead atoms. The summed E-state index contributed by atoms with van der Waals surface area (Å²) in [5.74, 6) is -0.0857. The van der Waals surface area contributed by atoms with Crippen LogP contribution in [0.5, 0.6) is 0 Å². The largest absolute Gasteiger partial charge is 0.436 e. The minimum absolute atomic E-state index is 0.177. The van der Waals surface area contributed by atoms with Gasteiger partial charge in [0.05, 0.1) is 0 Å². The standard InChI is InChI=1S/C22H17FN2O2/c1-13-9-14(2)11-16(10-13)21(26)24-18-7-8-20-19(12-18)25-22(27-20)15-3-5-17(23)6-4-15/h3-12H,1-2H3,(H,24,26). The van der Waals surface area contributed by atoms with Crippen molar-refractivity contribution >= 4 is 22.7 Å². The van der Waals surface area contributed by atoms with Gasteiger partial charge in [-0.3, -0.25) is 4.79 Å². The lowest BCUT2D eigenvalue weighted by molar-refractivity contribution is 0.102. The van der Waals surface area contributed by atoms with Gasteiger partial charge in [0.15, 0.2) is 5.58 Å². The Bertz CT molecular complexity index is 1130. The van der Waals surface area contributed by atoms with Crippen molar-refractivity contribution in [1.82, 2.24) is 4.98 Å². The van der Waals surface area contributed by atoms with Crippen molar-refractivity contribution in [3.63, 3.8) is 0 Å². The molecule has 0 atom stereocenters. The quantitative estimate of drug-likeness (QED) is 0.525. The number of aryl methyl sites for hydroxylation is 2. The smallest absolute Gasteiger partial charge is 0.255 e. The van der Waals surface area contributed by atoms with Gasteiger partial charge in [0.25, 0.3) is 5.91 Å². The second-order valence-corrected chi connectivity index (χ2v) is 6.54. The Morgan fingerprint density at radius 3 is 2.37 bits per heavy atom. The molecule has 5 heteroatoms. The van der Waals surface area contributed by atoms with Crippen LogP contribution in [0.3, 0.4) is 0 Å². The molecule has 0 aliphatic carbocycles. The van der Waals surface area contributed by atoms with Gasteiger partial charge in [-0.25, -0.2) is 9.37 Å². The van der Waals surface area contributed by atoms with Gasteiger partial charge in [0.1, 0.15) is 11.3 Å². The SMILES string of the molecule is Cc1cc(C)cc(C(=O)Nc2ccc3oc(-c4ccc(F)cc4)nc3c2)c1. The van der Waals surface area contributed by atoms with Gasteiger partial charge in [-0.1, -0.05) is 17.2 Å². The first-order valence-corrected chi connectivity index (χ1v) is 8.54. The van der Waals surface area contributed by atoms with E-state index in [4.69, 9.17) is 4.42 Å². The number of fused-ring (bicyclic) bond motifs is 1. The maximum Gasteiger partial charge on any atom is 0.255 e. The third kappa shape index (κ3) is 3.58. The lowest BCUT2D eigenvalue weighted by Gasteiger charge is -2.07. The van der Waals surface area contributed by atoms with Crippen molar-refractivity contribution in [3.8, 4) is 11.5 Å². The molecule has 0 fully saturated rings. The van der Waals surface area contributed by atoms with Crippen LogP contribution in [0.4, 0.5) is 10.1 Å². The first-order valence-electron chi connectivity index (χ1n) is 8.54. The summed E-state index contributed by atoms with van der Waals surface area (Å²) in [6, 6.07) is 17.0. The van der Waals surface area contributed by atoms with E-state index in [1.54, 1.807) is 30.3 Å². The molecule has 0 spiro atoms. The summed E-state index contributed by atoms with van der Waals surface area (Å²) in [5.41, 5.74) is 5.22. The number of rotatable bonds is 3. The molecule has 4 aromatic rings. The van der Waals surface area contributed by atoms with Gasteiger partial charge < -0.3 is 9.73 Å². The Hall–Kier alpha value is -3.47. The van der Waals surface area contributed by atoms with Crippen LogP contribution in [-0.4, -0.2) is 10.9 Å². The van der Waals surface area contributed by atoms with Crippen LogP contribution in [0.2, 0.25) is 0 Å². The maximum atomic E-state index is 13.1. The number of benzene rings is 3. The summed E-state index contributed by atoms with van der Waals surface area (Å²) in [6.07, 6.45) is 0. The molecule has 0 unspecified atom stereocenters. The van der Waals surface area contributed by atoms with E-state index in [0.29, 0.717) is 33.8 Å². The first kappa shape index (κ1) is 17.0. The van der Waals surface area contributed by atoms with Gasteiger partial charge >= 0.3 is 0 Å². The minimum atomic E-state index is -0.314. The number of oxazole rings is 1. The topological polar surface area (TPSA) is 55.1 Å². The second kappa shape index (κ2) is 6.68. The zero-order valence-electron chi connectivity index (χ0n) is 14.9. The highest BCUT2D eigenvalue weighted by Crippen LogP contribution is 2.26. The molecule has 0 saturated carbocycles. The van der Waals surface area contributed by atoms with E-state index in [2.05, 4.69) is 10.3 Å². The molecule has 1 aromatic heterocycles. The summed E-state index contributed by atoms with van der Waals surface area (Å²) in [6.45, 7) is 3.92. The van der Waals surface area contributed by atoms with Crippen molar-refractivity contribution in [2.24, 2.45) is 0 Å². The molecule has 3 aromatic carbocycles. The Morgan fingerprint density at radius 2 is 1.67 bits per heavy atom. The molecule has 0 aliphatic heterocycles. The van der Waals surface area contributed by atoms with Crippen molar-refractivity contribution in [2.75, 3.05) is 5.32 Å². The summed E-state index contributed by atoms with van der Waals surface area (Å²) >= 11 is 0. The fourth-order valence-corrected chi connectivity index (χ4v) is 3.03. The minimum Gasteiger partial charge on any atom is -0.436 e. The van der Waals surface area contributed by atoms with Gasteiger partial charge in [0.2, 0.25) is 5.89 Å². The molecular weight excluding hydrogens is 343 g/mol. The van der Waals surface area contributed by atoms with E-state index in [0.717, 1.165) is 11.1 Å². The summed E-state index contributed by atoms with van der Waals surface area (Å²) in [5, 5.41) is 2.89. The zero-order chi connectivity index (χ0) is 19.0. The number of nitrogens with one attached hydrogen (secondary N) is 1. The highest BCUT2D eigenvalue weighted by atomic mass is 19.1. The Labute approximate surface area is 155 Å². The number of amides is 1. The average molecular weight is 360 g/mol. The molecule has 4 nitrogen and oxygen atoms in total. The van der Waals surface area contributed by atoms with Crippen molar-refractivity contribution < 1.29 is 13.6 Å². The average Bonchev–Trinajstić information content (AvgIpc) is 3.04. The fourth-order valence-electron chi connectivity index (χ4n) is 3.03. The molecule has 0 saturated heterocycles. The van der Waals surface area contributed by atoms with Crippen LogP contribution >= 0.6 is 0 Å². The fraction of sp³-hybridized carbons (Fsp3) is 0.0909. The maximum absolute atomic E-state index is 13.1. The molecule has 134 valence electrons. The van der Waals surface area contributed by atoms with E-state index < -0.39 is 0 Å². The molecule has 0 radical (unpaired) electrons. The van der Waals surface area contributed by atoms with E-state index >= 15 is 0 Å². The molecule has 1 N–H and O–H groups in total. The van der Waals surface area contributed by atoms with Crippen molar-refractivity contribution in [3.05, 3.63) is 83.2 Å². The molecule has 1 heterocycles. The normalized spacial score (nSPS) is 10.9. The van der Waals surface area contributed by atoms with Gasteiger partial charge in [0, 0.05) is 16.8 Å². The number of anilines is 1. The number of carbonyl (C=O) groups is 1. The van der Waals surface area contributed by atoms with Crippen LogP contribution < -0.4 is 5.32 Å². The number of hydrogen-bond acceptors (Lipinski definition) is 3. The predicted octanol–water partition coefficient (Wildman–Crippen LogP) is 5.50. The third-order valence-corrected chi connectivity index (χ3v) is 4.22. The molecular formula is C22H17FN2O2. The number of hydrogen-bond donors (Lipinski definition) is 1. The lowest BCUT2D eigenvalue weighted by Crippen LogP contribution is -2.12. The summed E-state index contributed by atoms with van der Waals surface area (Å²) in [7, 11) is 0. The lowest BCUT2D eigenvalue weighted by atomic mass is 10.1. The van der Waals surface area contributed by atoms with E-state index in [1.165, 1.54) is 12.1 Å². The van der Waals surface area contributed by atoms with E-state index in [1.807, 2.05) is 32.0 Å². The van der Waals surface area contributed by atoms with Crippen LogP contribution in [0.1, 0.15) is 21.5 Å². The van der Waals surface area contributed by atoms with Crippen LogP contribution in [-0.2, 0) is 0 Å². The predicted molar refractivity (Wildman–Crippen MR) is 103 cm³/mol. The summed E-state index contributed by atoms with van der Waals surface area (Å²) < 4.78 is 18.8. The first-order chi connectivity index (χ1) is 13.0. The van der Waals surface area contributed by atoms with Gasteiger partial charge in [-0.05, 0) is 68.4 Å². The second-order valence-electron chi connectivity index (χ2n) is 6.54. The monoisotopic (exact) mass is 360 g/mol. The molecule has 27 heavy (non-hydrogen) atoms. The number of aromatic nitrogens is 1. The number of nitrogens with zero attached hydrogens (tertiary/aromatic N) is 1. The van der Waals surface area contributed by atoms with Crippen LogP contribution in [0.25, 0.3) is 22.6 Å². The molecule has 1 amide bonds. The Kier molecular flexibility index (Phi) is 4.20. The number of carbonyl (C=O) groups excluding carboxylic acids is 1. The third-order valence-electron chi connectivity index (χ3n) is 4.22. The Morgan fingerprint density at radius 1 is 0.963 bits per heavy atom. The zero-order valence-corrected chi connectivity index (χ0v) is 14.9. The van der Waals surface area contributed by atoms with E-state index in [-0.39, 0.29) is 11.7 Å². The van der Waals surface area contributed by atoms with Crippen LogP contribution in [0.15, 0.2) is 65.1 Å². The Balaban J connectivity index is 1.61. The van der Waals surface area contributed by atoms with E-state index in [9.17, 15) is 9.18 Å². The summed E-state index contributed by atoms with van der Waals surface area (Å²) in [4.78, 5) is 17.0. The highest BCUT2D eigenvalue weighted by Gasteiger charge is 2.11. The van der Waals surface area contributed by atoms with Gasteiger partial charge in [-0.2, -0.15) is 0 Å².